The number of anilines is 2. The van der Waals surface area contributed by atoms with Gasteiger partial charge in [0.15, 0.2) is 5.82 Å². The van der Waals surface area contributed by atoms with Crippen molar-refractivity contribution in [2.24, 2.45) is 0 Å². The van der Waals surface area contributed by atoms with Gasteiger partial charge in [-0.1, -0.05) is 6.07 Å². The first-order chi connectivity index (χ1) is 8.70. The van der Waals surface area contributed by atoms with Crippen molar-refractivity contribution in [3.63, 3.8) is 0 Å². The van der Waals surface area contributed by atoms with E-state index in [1.54, 1.807) is 36.4 Å². The molecule has 0 aliphatic carbocycles. The van der Waals surface area contributed by atoms with Crippen LogP contribution in [0.2, 0.25) is 0 Å². The second-order valence-corrected chi connectivity index (χ2v) is 3.59. The van der Waals surface area contributed by atoms with E-state index >= 15 is 0 Å². The van der Waals surface area contributed by atoms with E-state index in [0.717, 1.165) is 0 Å². The van der Waals surface area contributed by atoms with Gasteiger partial charge in [0.1, 0.15) is 6.07 Å². The highest BCUT2D eigenvalue weighted by Crippen LogP contribution is 2.13. The number of benzene rings is 1. The van der Waals surface area contributed by atoms with Gasteiger partial charge in [-0.2, -0.15) is 5.26 Å². The third kappa shape index (κ3) is 2.44. The lowest BCUT2D eigenvalue weighted by Crippen LogP contribution is -2.14. The quantitative estimate of drug-likeness (QED) is 0.780. The zero-order valence-electron chi connectivity index (χ0n) is 9.42. The Labute approximate surface area is 104 Å². The third-order valence-electron chi connectivity index (χ3n) is 2.31. The minimum atomic E-state index is -0.350. The smallest absolute Gasteiger partial charge is 0.256 e. The van der Waals surface area contributed by atoms with Crippen LogP contribution in [-0.4, -0.2) is 10.9 Å². The fourth-order valence-electron chi connectivity index (χ4n) is 1.45. The molecule has 2 aromatic rings. The van der Waals surface area contributed by atoms with Crippen LogP contribution in [0.15, 0.2) is 42.6 Å². The molecule has 1 aromatic carbocycles. The predicted molar refractivity (Wildman–Crippen MR) is 67.8 cm³/mol. The zero-order chi connectivity index (χ0) is 13.0. The highest BCUT2D eigenvalue weighted by atomic mass is 16.1. The number of nitrogen functional groups attached to an aromatic ring is 1. The van der Waals surface area contributed by atoms with Crippen molar-refractivity contribution in [1.29, 1.82) is 5.26 Å². The molecule has 5 heteroatoms. The van der Waals surface area contributed by atoms with Crippen molar-refractivity contribution in [1.82, 2.24) is 4.98 Å². The number of rotatable bonds is 2. The van der Waals surface area contributed by atoms with Crippen molar-refractivity contribution in [2.75, 3.05) is 11.1 Å². The molecular weight excluding hydrogens is 228 g/mol. The highest BCUT2D eigenvalue weighted by Gasteiger charge is 2.09. The first kappa shape index (κ1) is 11.6. The summed E-state index contributed by atoms with van der Waals surface area (Å²) in [6.07, 6.45) is 1.51. The first-order valence-electron chi connectivity index (χ1n) is 5.22. The Hall–Kier alpha value is -2.87. The average molecular weight is 238 g/mol. The number of nitrogens with one attached hydrogen (secondary N) is 1. The summed E-state index contributed by atoms with van der Waals surface area (Å²) in [6.45, 7) is 0. The minimum absolute atomic E-state index is 0.243. The molecule has 0 atom stereocenters. The molecule has 2 rings (SSSR count). The maximum Gasteiger partial charge on any atom is 0.256 e. The molecule has 5 nitrogen and oxygen atoms in total. The van der Waals surface area contributed by atoms with Crippen LogP contribution in [0.25, 0.3) is 0 Å². The van der Waals surface area contributed by atoms with Gasteiger partial charge in [0.2, 0.25) is 0 Å². The monoisotopic (exact) mass is 238 g/mol. The van der Waals surface area contributed by atoms with Gasteiger partial charge in [-0.15, -0.1) is 0 Å². The molecule has 0 spiro atoms. The summed E-state index contributed by atoms with van der Waals surface area (Å²) in [5.74, 6) is -0.107. The van der Waals surface area contributed by atoms with E-state index in [0.29, 0.717) is 16.8 Å². The highest BCUT2D eigenvalue weighted by molar-refractivity contribution is 6.04. The molecule has 0 radical (unpaired) electrons. The molecule has 0 saturated heterocycles. The van der Waals surface area contributed by atoms with Gasteiger partial charge in [-0.05, 0) is 30.3 Å². The number of nitriles is 1. The fraction of sp³-hybridized carbons (Fsp3) is 0. The van der Waals surface area contributed by atoms with Crippen LogP contribution in [0.1, 0.15) is 15.9 Å². The van der Waals surface area contributed by atoms with E-state index in [9.17, 15) is 4.79 Å². The number of pyridine rings is 1. The van der Waals surface area contributed by atoms with E-state index < -0.39 is 0 Å². The second-order valence-electron chi connectivity index (χ2n) is 3.59. The molecule has 0 bridgehead atoms. The lowest BCUT2D eigenvalue weighted by atomic mass is 10.2. The number of carbonyl (C=O) groups excluding carboxylic acids is 1. The maximum absolute atomic E-state index is 11.9. The summed E-state index contributed by atoms with van der Waals surface area (Å²) in [7, 11) is 0. The van der Waals surface area contributed by atoms with E-state index in [2.05, 4.69) is 10.3 Å². The van der Waals surface area contributed by atoms with E-state index in [1.165, 1.54) is 6.20 Å². The Morgan fingerprint density at radius 2 is 2.17 bits per heavy atom. The Morgan fingerprint density at radius 3 is 2.89 bits per heavy atom. The lowest BCUT2D eigenvalue weighted by Gasteiger charge is -2.06. The molecule has 0 aliphatic heterocycles. The Morgan fingerprint density at radius 1 is 1.33 bits per heavy atom. The Kier molecular flexibility index (Phi) is 3.21. The number of hydrogen-bond donors (Lipinski definition) is 2. The number of nitrogens with zero attached hydrogens (tertiary/aromatic N) is 2. The standard InChI is InChI=1S/C13H10N4O/c14-8-10-4-2-6-16-12(10)17-13(18)9-3-1-5-11(15)7-9/h1-7H,15H2,(H,16,17,18). The molecule has 1 aromatic heterocycles. The molecule has 0 unspecified atom stereocenters. The first-order valence-corrected chi connectivity index (χ1v) is 5.22. The third-order valence-corrected chi connectivity index (χ3v) is 2.31. The van der Waals surface area contributed by atoms with Gasteiger partial charge >= 0.3 is 0 Å². The summed E-state index contributed by atoms with van der Waals surface area (Å²) in [6, 6.07) is 11.8. The molecule has 0 fully saturated rings. The van der Waals surface area contributed by atoms with Gasteiger partial charge in [-0.3, -0.25) is 4.79 Å². The summed E-state index contributed by atoms with van der Waals surface area (Å²) in [5, 5.41) is 11.5. The number of aromatic nitrogens is 1. The topological polar surface area (TPSA) is 91.8 Å². The average Bonchev–Trinajstić information content (AvgIpc) is 2.39. The van der Waals surface area contributed by atoms with E-state index in [-0.39, 0.29) is 11.7 Å². The van der Waals surface area contributed by atoms with E-state index in [4.69, 9.17) is 11.0 Å². The Bertz CT molecular complexity index is 631. The number of hydrogen-bond acceptors (Lipinski definition) is 4. The molecule has 0 aliphatic rings. The van der Waals surface area contributed by atoms with Crippen LogP contribution in [0.5, 0.6) is 0 Å². The fourth-order valence-corrected chi connectivity index (χ4v) is 1.45. The van der Waals surface area contributed by atoms with Crippen LogP contribution >= 0.6 is 0 Å². The van der Waals surface area contributed by atoms with Crippen molar-refractivity contribution < 1.29 is 4.79 Å². The van der Waals surface area contributed by atoms with Crippen LogP contribution in [0, 0.1) is 11.3 Å². The van der Waals surface area contributed by atoms with Gasteiger partial charge in [0, 0.05) is 17.4 Å². The predicted octanol–water partition coefficient (Wildman–Crippen LogP) is 1.79. The van der Waals surface area contributed by atoms with Gasteiger partial charge in [0.05, 0.1) is 5.56 Å². The van der Waals surface area contributed by atoms with Crippen LogP contribution in [0.3, 0.4) is 0 Å². The molecule has 0 saturated carbocycles. The van der Waals surface area contributed by atoms with E-state index in [1.807, 2.05) is 6.07 Å². The minimum Gasteiger partial charge on any atom is -0.399 e. The molecule has 18 heavy (non-hydrogen) atoms. The van der Waals surface area contributed by atoms with Crippen molar-refractivity contribution in [3.05, 3.63) is 53.7 Å². The Balaban J connectivity index is 2.25. The largest absolute Gasteiger partial charge is 0.399 e. The van der Waals surface area contributed by atoms with Gasteiger partial charge < -0.3 is 11.1 Å². The molecule has 88 valence electrons. The van der Waals surface area contributed by atoms with Gasteiger partial charge in [-0.25, -0.2) is 4.98 Å². The second kappa shape index (κ2) is 4.97. The summed E-state index contributed by atoms with van der Waals surface area (Å²) in [4.78, 5) is 15.9. The van der Waals surface area contributed by atoms with Crippen LogP contribution in [-0.2, 0) is 0 Å². The van der Waals surface area contributed by atoms with Crippen LogP contribution in [0.4, 0.5) is 11.5 Å². The van der Waals surface area contributed by atoms with Crippen LogP contribution < -0.4 is 11.1 Å². The lowest BCUT2D eigenvalue weighted by molar-refractivity contribution is 0.102. The SMILES string of the molecule is N#Cc1cccnc1NC(=O)c1cccc(N)c1. The van der Waals surface area contributed by atoms with Crippen molar-refractivity contribution in [3.8, 4) is 6.07 Å². The van der Waals surface area contributed by atoms with Gasteiger partial charge in [0.25, 0.3) is 5.91 Å². The molecule has 1 heterocycles. The molecule has 3 N–H and O–H groups in total. The number of nitrogens with two attached hydrogens (primary N) is 1. The summed E-state index contributed by atoms with van der Waals surface area (Å²) < 4.78 is 0. The number of carbonyl (C=O) groups is 1. The van der Waals surface area contributed by atoms with Crippen molar-refractivity contribution in [2.45, 2.75) is 0 Å². The summed E-state index contributed by atoms with van der Waals surface area (Å²) >= 11 is 0. The maximum atomic E-state index is 11.9. The zero-order valence-corrected chi connectivity index (χ0v) is 9.42. The molecular formula is C13H10N4O. The normalized spacial score (nSPS) is 9.50. The van der Waals surface area contributed by atoms with Crippen molar-refractivity contribution >= 4 is 17.4 Å². The molecule has 1 amide bonds. The summed E-state index contributed by atoms with van der Waals surface area (Å²) in [5.41, 5.74) is 6.84. The number of amides is 1.